The summed E-state index contributed by atoms with van der Waals surface area (Å²) in [6.07, 6.45) is 7.33. The number of hydrogen-bond donors (Lipinski definition) is 0. The minimum Gasteiger partial charge on any atom is -0.0887 e. The number of rotatable bonds is 8. The summed E-state index contributed by atoms with van der Waals surface area (Å²) in [6.45, 7) is 11.9. The van der Waals surface area contributed by atoms with Gasteiger partial charge in [0.25, 0.3) is 0 Å². The molecule has 0 saturated heterocycles. The highest BCUT2D eigenvalue weighted by molar-refractivity contribution is 6.08. The van der Waals surface area contributed by atoms with Crippen LogP contribution in [0.5, 0.6) is 0 Å². The zero-order valence-electron chi connectivity index (χ0n) is 11.5. The van der Waals surface area contributed by atoms with Gasteiger partial charge in [-0.2, -0.15) is 0 Å². The zero-order chi connectivity index (χ0) is 11.9. The van der Waals surface area contributed by atoms with E-state index in [0.717, 1.165) is 18.2 Å². The molecular formula is C14H29B. The summed E-state index contributed by atoms with van der Waals surface area (Å²) in [4.78, 5) is 0. The lowest BCUT2D eigenvalue weighted by molar-refractivity contribution is 0.146. The van der Waals surface area contributed by atoms with Crippen molar-refractivity contribution in [2.45, 2.75) is 73.0 Å². The van der Waals surface area contributed by atoms with Gasteiger partial charge in [0, 0.05) is 0 Å². The Morgan fingerprint density at radius 1 is 1.13 bits per heavy atom. The van der Waals surface area contributed by atoms with Gasteiger partial charge in [-0.15, -0.1) is 0 Å². The molecule has 0 amide bonds. The average Bonchev–Trinajstić information content (AvgIpc) is 2.17. The van der Waals surface area contributed by atoms with E-state index in [0.29, 0.717) is 5.41 Å². The van der Waals surface area contributed by atoms with Crippen LogP contribution >= 0.6 is 0 Å². The number of unbranched alkanes of at least 4 members (excludes halogenated alkanes) is 1. The van der Waals surface area contributed by atoms with Crippen molar-refractivity contribution >= 4 is 7.85 Å². The van der Waals surface area contributed by atoms with E-state index in [1.807, 2.05) is 0 Å². The second-order valence-corrected chi connectivity index (χ2v) is 5.77. The van der Waals surface area contributed by atoms with Crippen molar-refractivity contribution in [1.82, 2.24) is 0 Å². The smallest absolute Gasteiger partial charge is 0.0653 e. The molecule has 0 aliphatic rings. The van der Waals surface area contributed by atoms with Gasteiger partial charge in [-0.1, -0.05) is 60.2 Å². The van der Waals surface area contributed by atoms with Crippen LogP contribution in [0.15, 0.2) is 0 Å². The first-order valence-electron chi connectivity index (χ1n) is 6.66. The van der Waals surface area contributed by atoms with Crippen molar-refractivity contribution in [3.05, 3.63) is 0 Å². The Morgan fingerprint density at radius 3 is 2.13 bits per heavy atom. The van der Waals surface area contributed by atoms with Crippen molar-refractivity contribution in [2.24, 2.45) is 17.3 Å². The van der Waals surface area contributed by atoms with Crippen LogP contribution in [-0.4, -0.2) is 7.85 Å². The van der Waals surface area contributed by atoms with Gasteiger partial charge in [0.15, 0.2) is 0 Å². The lowest BCUT2D eigenvalue weighted by atomic mass is 9.69. The molecule has 88 valence electrons. The highest BCUT2D eigenvalue weighted by Crippen LogP contribution is 2.39. The Morgan fingerprint density at radius 2 is 1.73 bits per heavy atom. The van der Waals surface area contributed by atoms with Gasteiger partial charge >= 0.3 is 0 Å². The molecule has 0 aliphatic carbocycles. The third-order valence-corrected chi connectivity index (χ3v) is 4.11. The van der Waals surface area contributed by atoms with E-state index in [4.69, 9.17) is 7.85 Å². The Hall–Kier alpha value is 0.0649. The molecule has 0 fully saturated rings. The van der Waals surface area contributed by atoms with Crippen molar-refractivity contribution < 1.29 is 0 Å². The topological polar surface area (TPSA) is 0 Å². The summed E-state index contributed by atoms with van der Waals surface area (Å²) < 4.78 is 0. The molecule has 0 aromatic rings. The monoisotopic (exact) mass is 208 g/mol. The normalized spacial score (nSPS) is 17.7. The van der Waals surface area contributed by atoms with Gasteiger partial charge in [0.05, 0.1) is 7.85 Å². The summed E-state index contributed by atoms with van der Waals surface area (Å²) >= 11 is 0. The molecular weight excluding hydrogens is 179 g/mol. The molecule has 2 radical (unpaired) electrons. The Labute approximate surface area is 98.6 Å². The van der Waals surface area contributed by atoms with E-state index in [2.05, 4.69) is 34.6 Å². The third kappa shape index (κ3) is 5.63. The van der Waals surface area contributed by atoms with Gasteiger partial charge < -0.3 is 0 Å². The zero-order valence-corrected chi connectivity index (χ0v) is 11.5. The molecule has 15 heavy (non-hydrogen) atoms. The maximum atomic E-state index is 5.56. The summed E-state index contributed by atoms with van der Waals surface area (Å²) in [5.74, 6) is 1.64. The minimum absolute atomic E-state index is 0.518. The predicted octanol–water partition coefficient (Wildman–Crippen LogP) is 4.84. The molecule has 0 heterocycles. The lowest BCUT2D eigenvalue weighted by Gasteiger charge is -2.36. The standard InChI is InChI=1S/C14H29B/c1-6-13(4)11-14(5,12(2)3)9-7-8-10-15/h12-13H,6-11H2,1-5H3. The number of hydrogen-bond acceptors (Lipinski definition) is 0. The van der Waals surface area contributed by atoms with Crippen LogP contribution in [0.2, 0.25) is 6.32 Å². The summed E-state index contributed by atoms with van der Waals surface area (Å²) in [7, 11) is 5.56. The average molecular weight is 208 g/mol. The van der Waals surface area contributed by atoms with Crippen LogP contribution in [0, 0.1) is 17.3 Å². The molecule has 0 N–H and O–H groups in total. The molecule has 0 aliphatic heterocycles. The van der Waals surface area contributed by atoms with Crippen molar-refractivity contribution in [1.29, 1.82) is 0 Å². The van der Waals surface area contributed by atoms with E-state index in [-0.39, 0.29) is 0 Å². The van der Waals surface area contributed by atoms with E-state index < -0.39 is 0 Å². The first kappa shape index (κ1) is 15.1. The summed E-state index contributed by atoms with van der Waals surface area (Å²) in [6, 6.07) is 0. The molecule has 0 aromatic heterocycles. The Bertz CT molecular complexity index is 153. The Balaban J connectivity index is 4.19. The van der Waals surface area contributed by atoms with Gasteiger partial charge in [0.2, 0.25) is 0 Å². The van der Waals surface area contributed by atoms with Gasteiger partial charge in [-0.25, -0.2) is 0 Å². The van der Waals surface area contributed by atoms with Crippen LogP contribution in [0.25, 0.3) is 0 Å². The lowest BCUT2D eigenvalue weighted by Crippen LogP contribution is -2.26. The Kier molecular flexibility index (Phi) is 7.39. The maximum Gasteiger partial charge on any atom is 0.0653 e. The van der Waals surface area contributed by atoms with Crippen LogP contribution in [0.3, 0.4) is 0 Å². The fourth-order valence-electron chi connectivity index (χ4n) is 2.24. The van der Waals surface area contributed by atoms with Crippen molar-refractivity contribution in [2.75, 3.05) is 0 Å². The largest absolute Gasteiger partial charge is 0.0887 e. The highest BCUT2D eigenvalue weighted by Gasteiger charge is 2.28. The highest BCUT2D eigenvalue weighted by atomic mass is 14.3. The van der Waals surface area contributed by atoms with Gasteiger partial charge in [-0.05, 0) is 30.1 Å². The molecule has 2 unspecified atom stereocenters. The molecule has 0 aromatic carbocycles. The second kappa shape index (κ2) is 7.36. The molecule has 0 bridgehead atoms. The van der Waals surface area contributed by atoms with Crippen molar-refractivity contribution in [3.8, 4) is 0 Å². The third-order valence-electron chi connectivity index (χ3n) is 4.11. The molecule has 2 atom stereocenters. The van der Waals surface area contributed by atoms with Crippen LogP contribution in [0.4, 0.5) is 0 Å². The molecule has 0 spiro atoms. The van der Waals surface area contributed by atoms with E-state index in [9.17, 15) is 0 Å². The molecule has 0 nitrogen and oxygen atoms in total. The van der Waals surface area contributed by atoms with E-state index in [1.165, 1.54) is 32.1 Å². The molecule has 1 heteroatoms. The summed E-state index contributed by atoms with van der Waals surface area (Å²) in [5, 5.41) is 0. The predicted molar refractivity (Wildman–Crippen MR) is 71.4 cm³/mol. The van der Waals surface area contributed by atoms with Gasteiger partial charge in [0.1, 0.15) is 0 Å². The van der Waals surface area contributed by atoms with Crippen LogP contribution in [-0.2, 0) is 0 Å². The van der Waals surface area contributed by atoms with E-state index >= 15 is 0 Å². The minimum atomic E-state index is 0.518. The molecule has 0 rings (SSSR count). The quantitative estimate of drug-likeness (QED) is 0.395. The van der Waals surface area contributed by atoms with Crippen molar-refractivity contribution in [3.63, 3.8) is 0 Å². The fourth-order valence-corrected chi connectivity index (χ4v) is 2.24. The second-order valence-electron chi connectivity index (χ2n) is 5.77. The van der Waals surface area contributed by atoms with Gasteiger partial charge in [-0.3, -0.25) is 0 Å². The first-order chi connectivity index (χ1) is 6.96. The maximum absolute atomic E-state index is 5.56. The van der Waals surface area contributed by atoms with Crippen LogP contribution in [0.1, 0.15) is 66.7 Å². The van der Waals surface area contributed by atoms with Crippen LogP contribution < -0.4 is 0 Å². The molecule has 0 saturated carbocycles. The van der Waals surface area contributed by atoms with E-state index in [1.54, 1.807) is 0 Å². The first-order valence-corrected chi connectivity index (χ1v) is 6.66. The SMILES string of the molecule is [B]CCCCC(C)(CC(C)CC)C(C)C. The fraction of sp³-hybridized carbons (Fsp3) is 1.00. The summed E-state index contributed by atoms with van der Waals surface area (Å²) in [5.41, 5.74) is 0.518.